The molecule has 1 atom stereocenters. The van der Waals surface area contributed by atoms with Crippen molar-refractivity contribution in [3.63, 3.8) is 0 Å². The minimum Gasteiger partial charge on any atom is -0.466 e. The molecule has 0 fully saturated rings. The maximum Gasteiger partial charge on any atom is 0.252 e. The van der Waals surface area contributed by atoms with Crippen molar-refractivity contribution in [3.05, 3.63) is 65.2 Å². The van der Waals surface area contributed by atoms with Crippen LogP contribution in [-0.2, 0) is 5.60 Å². The highest BCUT2D eigenvalue weighted by molar-refractivity contribution is 6.05. The molecule has 5 nitrogen and oxygen atoms in total. The van der Waals surface area contributed by atoms with Crippen molar-refractivity contribution in [1.29, 1.82) is 0 Å². The van der Waals surface area contributed by atoms with Crippen molar-refractivity contribution in [3.8, 4) is 0 Å². The maximum absolute atomic E-state index is 12.6. The van der Waals surface area contributed by atoms with Crippen LogP contribution >= 0.6 is 0 Å². The Bertz CT molecular complexity index is 891. The van der Waals surface area contributed by atoms with E-state index >= 15 is 0 Å². The van der Waals surface area contributed by atoms with Crippen LogP contribution in [0.2, 0.25) is 0 Å². The van der Waals surface area contributed by atoms with Gasteiger partial charge in [0.25, 0.3) is 5.91 Å². The smallest absolute Gasteiger partial charge is 0.252 e. The molecule has 3 aromatic rings. The second-order valence-electron chi connectivity index (χ2n) is 6.16. The van der Waals surface area contributed by atoms with E-state index in [-0.39, 0.29) is 12.5 Å². The molecule has 124 valence electrons. The normalized spacial score (nSPS) is 13.7. The molecule has 5 heteroatoms. The van der Waals surface area contributed by atoms with E-state index in [0.29, 0.717) is 16.9 Å². The molecule has 0 aliphatic carbocycles. The van der Waals surface area contributed by atoms with E-state index in [2.05, 4.69) is 10.3 Å². The summed E-state index contributed by atoms with van der Waals surface area (Å²) in [6, 6.07) is 10.9. The van der Waals surface area contributed by atoms with E-state index in [1.807, 2.05) is 31.2 Å². The van der Waals surface area contributed by atoms with Crippen LogP contribution in [0.1, 0.15) is 34.4 Å². The van der Waals surface area contributed by atoms with Gasteiger partial charge in [-0.05, 0) is 39.0 Å². The second kappa shape index (κ2) is 6.09. The lowest BCUT2D eigenvalue weighted by atomic mass is 9.96. The molecular formula is C19H20N2O3. The zero-order valence-corrected chi connectivity index (χ0v) is 14.0. The van der Waals surface area contributed by atoms with Crippen molar-refractivity contribution in [2.24, 2.45) is 0 Å². The first kappa shape index (κ1) is 16.2. The van der Waals surface area contributed by atoms with Gasteiger partial charge in [0.05, 0.1) is 17.6 Å². The zero-order chi connectivity index (χ0) is 17.3. The lowest BCUT2D eigenvalue weighted by molar-refractivity contribution is 0.0514. The van der Waals surface area contributed by atoms with E-state index in [0.717, 1.165) is 16.7 Å². The standard InChI is InChI=1S/C19H20N2O3/c1-12-10-16(13(2)24-12)19(3,23)11-21-18(22)15-8-9-20-17-7-5-4-6-14(15)17/h4-10,23H,11H2,1-3H3,(H,21,22). The Hall–Kier alpha value is -2.66. The third-order valence-corrected chi connectivity index (χ3v) is 4.11. The number of fused-ring (bicyclic) bond motifs is 1. The first-order valence-electron chi connectivity index (χ1n) is 7.80. The van der Waals surface area contributed by atoms with Crippen LogP contribution in [0.5, 0.6) is 0 Å². The number of hydrogen-bond acceptors (Lipinski definition) is 4. The Morgan fingerprint density at radius 3 is 2.75 bits per heavy atom. The summed E-state index contributed by atoms with van der Waals surface area (Å²) in [6.07, 6.45) is 1.61. The number of carbonyl (C=O) groups excluding carboxylic acids is 1. The highest BCUT2D eigenvalue weighted by Gasteiger charge is 2.28. The fraction of sp³-hybridized carbons (Fsp3) is 0.263. The van der Waals surface area contributed by atoms with Crippen molar-refractivity contribution < 1.29 is 14.3 Å². The highest BCUT2D eigenvalue weighted by atomic mass is 16.3. The van der Waals surface area contributed by atoms with E-state index in [4.69, 9.17) is 4.42 Å². The lowest BCUT2D eigenvalue weighted by Gasteiger charge is -2.23. The summed E-state index contributed by atoms with van der Waals surface area (Å²) in [6.45, 7) is 5.38. The van der Waals surface area contributed by atoms with Crippen LogP contribution in [0.4, 0.5) is 0 Å². The topological polar surface area (TPSA) is 75.4 Å². The van der Waals surface area contributed by atoms with Gasteiger partial charge in [0, 0.05) is 17.1 Å². The number of nitrogens with zero attached hydrogens (tertiary/aromatic N) is 1. The van der Waals surface area contributed by atoms with Crippen molar-refractivity contribution in [2.45, 2.75) is 26.4 Å². The highest BCUT2D eigenvalue weighted by Crippen LogP contribution is 2.26. The number of aryl methyl sites for hydroxylation is 2. The Morgan fingerprint density at radius 2 is 2.04 bits per heavy atom. The second-order valence-corrected chi connectivity index (χ2v) is 6.16. The van der Waals surface area contributed by atoms with Gasteiger partial charge in [0.15, 0.2) is 0 Å². The summed E-state index contributed by atoms with van der Waals surface area (Å²) < 4.78 is 5.47. The minimum atomic E-state index is -1.21. The summed E-state index contributed by atoms with van der Waals surface area (Å²) in [7, 11) is 0. The fourth-order valence-electron chi connectivity index (χ4n) is 2.90. The van der Waals surface area contributed by atoms with Gasteiger partial charge in [-0.1, -0.05) is 18.2 Å². The predicted octanol–water partition coefficient (Wildman–Crippen LogP) is 3.08. The first-order valence-corrected chi connectivity index (χ1v) is 7.80. The number of para-hydroxylation sites is 1. The van der Waals surface area contributed by atoms with Gasteiger partial charge < -0.3 is 14.8 Å². The molecule has 3 rings (SSSR count). The van der Waals surface area contributed by atoms with Gasteiger partial charge in [0.1, 0.15) is 17.1 Å². The average Bonchev–Trinajstić information content (AvgIpc) is 2.91. The number of carbonyl (C=O) groups is 1. The van der Waals surface area contributed by atoms with Gasteiger partial charge in [0.2, 0.25) is 0 Å². The molecule has 1 amide bonds. The molecule has 2 aromatic heterocycles. The van der Waals surface area contributed by atoms with Crippen molar-refractivity contribution in [2.75, 3.05) is 6.54 Å². The monoisotopic (exact) mass is 324 g/mol. The number of pyridine rings is 1. The summed E-state index contributed by atoms with van der Waals surface area (Å²) in [5, 5.41) is 14.3. The van der Waals surface area contributed by atoms with E-state index in [1.165, 1.54) is 0 Å². The molecule has 0 radical (unpaired) electrons. The van der Waals surface area contributed by atoms with Crippen LogP contribution in [0.15, 0.2) is 47.0 Å². The average molecular weight is 324 g/mol. The Kier molecular flexibility index (Phi) is 4.11. The minimum absolute atomic E-state index is 0.0856. The summed E-state index contributed by atoms with van der Waals surface area (Å²) >= 11 is 0. The van der Waals surface area contributed by atoms with Crippen molar-refractivity contribution in [1.82, 2.24) is 10.3 Å². The molecule has 0 saturated carbocycles. The van der Waals surface area contributed by atoms with Crippen LogP contribution in [-0.4, -0.2) is 22.5 Å². The van der Waals surface area contributed by atoms with Crippen LogP contribution in [0, 0.1) is 13.8 Å². The number of furan rings is 1. The molecular weight excluding hydrogens is 304 g/mol. The third kappa shape index (κ3) is 3.03. The lowest BCUT2D eigenvalue weighted by Crippen LogP contribution is -2.38. The predicted molar refractivity (Wildman–Crippen MR) is 91.8 cm³/mol. The molecule has 2 N–H and O–H groups in total. The number of aliphatic hydroxyl groups is 1. The van der Waals surface area contributed by atoms with Crippen LogP contribution in [0.3, 0.4) is 0 Å². The first-order chi connectivity index (χ1) is 11.4. The molecule has 0 saturated heterocycles. The zero-order valence-electron chi connectivity index (χ0n) is 14.0. The van der Waals surface area contributed by atoms with Crippen molar-refractivity contribution >= 4 is 16.8 Å². The van der Waals surface area contributed by atoms with Gasteiger partial charge in [-0.2, -0.15) is 0 Å². The maximum atomic E-state index is 12.6. The largest absolute Gasteiger partial charge is 0.466 e. The van der Waals surface area contributed by atoms with E-state index in [1.54, 1.807) is 32.2 Å². The number of hydrogen-bond donors (Lipinski definition) is 2. The molecule has 0 aliphatic heterocycles. The molecule has 0 aliphatic rings. The van der Waals surface area contributed by atoms with E-state index in [9.17, 15) is 9.90 Å². The summed E-state index contributed by atoms with van der Waals surface area (Å²) in [5.74, 6) is 1.14. The van der Waals surface area contributed by atoms with Gasteiger partial charge in [-0.15, -0.1) is 0 Å². The van der Waals surface area contributed by atoms with Gasteiger partial charge >= 0.3 is 0 Å². The fourth-order valence-corrected chi connectivity index (χ4v) is 2.90. The summed E-state index contributed by atoms with van der Waals surface area (Å²) in [5.41, 5.74) is 0.773. The Balaban J connectivity index is 1.81. The van der Waals surface area contributed by atoms with Crippen LogP contribution in [0.25, 0.3) is 10.9 Å². The molecule has 1 aromatic carbocycles. The third-order valence-electron chi connectivity index (χ3n) is 4.11. The molecule has 0 bridgehead atoms. The van der Waals surface area contributed by atoms with Gasteiger partial charge in [-0.25, -0.2) is 0 Å². The Morgan fingerprint density at radius 1 is 1.29 bits per heavy atom. The molecule has 1 unspecified atom stereocenters. The number of nitrogens with one attached hydrogen (secondary N) is 1. The summed E-state index contributed by atoms with van der Waals surface area (Å²) in [4.78, 5) is 16.8. The number of rotatable bonds is 4. The van der Waals surface area contributed by atoms with E-state index < -0.39 is 5.60 Å². The van der Waals surface area contributed by atoms with Gasteiger partial charge in [-0.3, -0.25) is 9.78 Å². The number of aromatic nitrogens is 1. The molecule has 24 heavy (non-hydrogen) atoms. The SMILES string of the molecule is Cc1cc(C(C)(O)CNC(=O)c2ccnc3ccccc23)c(C)o1. The van der Waals surface area contributed by atoms with Crippen LogP contribution < -0.4 is 5.32 Å². The molecule has 2 heterocycles. The number of amides is 1. The molecule has 0 spiro atoms. The Labute approximate surface area is 140 Å². The quantitative estimate of drug-likeness (QED) is 0.773. The number of benzene rings is 1.